The lowest BCUT2D eigenvalue weighted by atomic mass is 10.1. The molecular formula is C21H24ClNO5. The monoisotopic (exact) mass is 405 g/mol. The second-order valence-electron chi connectivity index (χ2n) is 6.01. The first-order valence-corrected chi connectivity index (χ1v) is 9.38. The molecule has 0 saturated heterocycles. The fraction of sp³-hybridized carbons (Fsp3) is 0.333. The van der Waals surface area contributed by atoms with Gasteiger partial charge in [-0.1, -0.05) is 23.7 Å². The van der Waals surface area contributed by atoms with E-state index in [-0.39, 0.29) is 18.9 Å². The molecule has 0 fully saturated rings. The predicted octanol–water partition coefficient (Wildman–Crippen LogP) is 3.41. The van der Waals surface area contributed by atoms with Gasteiger partial charge in [0.2, 0.25) is 0 Å². The van der Waals surface area contributed by atoms with Gasteiger partial charge in [0.1, 0.15) is 11.5 Å². The number of nitrogens with one attached hydrogen (secondary N) is 1. The molecule has 0 aliphatic carbocycles. The van der Waals surface area contributed by atoms with Crippen LogP contribution in [0.25, 0.3) is 0 Å². The lowest BCUT2D eigenvalue weighted by molar-refractivity contribution is -0.148. The lowest BCUT2D eigenvalue weighted by Gasteiger charge is -2.08. The summed E-state index contributed by atoms with van der Waals surface area (Å²) >= 11 is 5.82. The highest BCUT2D eigenvalue weighted by Crippen LogP contribution is 2.17. The minimum Gasteiger partial charge on any atom is -0.497 e. The van der Waals surface area contributed by atoms with Crippen LogP contribution in [-0.4, -0.2) is 38.7 Å². The second-order valence-corrected chi connectivity index (χ2v) is 6.45. The Morgan fingerprint density at radius 3 is 2.36 bits per heavy atom. The Bertz CT molecular complexity index is 746. The summed E-state index contributed by atoms with van der Waals surface area (Å²) in [6.07, 6.45) is 1.37. The maximum absolute atomic E-state index is 11.7. The van der Waals surface area contributed by atoms with Gasteiger partial charge in [-0.15, -0.1) is 0 Å². The predicted molar refractivity (Wildman–Crippen MR) is 107 cm³/mol. The van der Waals surface area contributed by atoms with Gasteiger partial charge in [-0.2, -0.15) is 0 Å². The summed E-state index contributed by atoms with van der Waals surface area (Å²) in [6.45, 7) is 0.571. The highest BCUT2D eigenvalue weighted by Gasteiger charge is 2.07. The standard InChI is InChI=1S/C21H24ClNO5/c1-26-18-8-10-19(11-9-18)27-14-2-3-21(25)28-15-20(24)23-13-12-16-4-6-17(22)7-5-16/h4-11H,2-3,12-15H2,1H3,(H,23,24). The second kappa shape index (κ2) is 11.9. The molecule has 1 N–H and O–H groups in total. The van der Waals surface area contributed by atoms with Crippen molar-refractivity contribution in [1.29, 1.82) is 0 Å². The molecule has 2 aromatic carbocycles. The van der Waals surface area contributed by atoms with Gasteiger partial charge in [0, 0.05) is 18.0 Å². The maximum atomic E-state index is 11.7. The van der Waals surface area contributed by atoms with Crippen molar-refractivity contribution in [1.82, 2.24) is 5.32 Å². The first-order valence-electron chi connectivity index (χ1n) is 9.00. The highest BCUT2D eigenvalue weighted by atomic mass is 35.5. The van der Waals surface area contributed by atoms with Gasteiger partial charge in [-0.05, 0) is 54.8 Å². The zero-order chi connectivity index (χ0) is 20.2. The molecule has 0 heterocycles. The molecule has 0 bridgehead atoms. The number of amides is 1. The molecule has 2 rings (SSSR count). The van der Waals surface area contributed by atoms with Crippen molar-refractivity contribution in [3.63, 3.8) is 0 Å². The average molecular weight is 406 g/mol. The smallest absolute Gasteiger partial charge is 0.306 e. The van der Waals surface area contributed by atoms with E-state index in [4.69, 9.17) is 25.8 Å². The fourth-order valence-electron chi connectivity index (χ4n) is 2.35. The van der Waals surface area contributed by atoms with Crippen LogP contribution in [0.5, 0.6) is 11.5 Å². The van der Waals surface area contributed by atoms with Crippen molar-refractivity contribution in [3.8, 4) is 11.5 Å². The number of benzene rings is 2. The topological polar surface area (TPSA) is 73.9 Å². The third kappa shape index (κ3) is 8.31. The molecule has 1 amide bonds. The first kappa shape index (κ1) is 21.6. The molecule has 0 atom stereocenters. The van der Waals surface area contributed by atoms with Crippen LogP contribution in [0.15, 0.2) is 48.5 Å². The van der Waals surface area contributed by atoms with Gasteiger partial charge in [-0.3, -0.25) is 9.59 Å². The number of methoxy groups -OCH3 is 1. The normalized spacial score (nSPS) is 10.2. The molecule has 0 aromatic heterocycles. The Kier molecular flexibility index (Phi) is 9.15. The summed E-state index contributed by atoms with van der Waals surface area (Å²) in [5, 5.41) is 3.39. The molecule has 28 heavy (non-hydrogen) atoms. The lowest BCUT2D eigenvalue weighted by Crippen LogP contribution is -2.30. The number of hydrogen-bond donors (Lipinski definition) is 1. The molecule has 7 heteroatoms. The minimum absolute atomic E-state index is 0.189. The molecule has 0 radical (unpaired) electrons. The first-order chi connectivity index (χ1) is 13.6. The Morgan fingerprint density at radius 2 is 1.68 bits per heavy atom. The van der Waals surface area contributed by atoms with Crippen molar-refractivity contribution < 1.29 is 23.8 Å². The van der Waals surface area contributed by atoms with Gasteiger partial charge in [0.05, 0.1) is 13.7 Å². The highest BCUT2D eigenvalue weighted by molar-refractivity contribution is 6.30. The summed E-state index contributed by atoms with van der Waals surface area (Å²) in [5.74, 6) is 0.708. The van der Waals surface area contributed by atoms with Crippen LogP contribution in [0.3, 0.4) is 0 Å². The van der Waals surface area contributed by atoms with Crippen LogP contribution in [0, 0.1) is 0 Å². The van der Waals surface area contributed by atoms with Crippen molar-refractivity contribution in [3.05, 3.63) is 59.1 Å². The van der Waals surface area contributed by atoms with E-state index >= 15 is 0 Å². The van der Waals surface area contributed by atoms with E-state index in [1.165, 1.54) is 0 Å². The van der Waals surface area contributed by atoms with Crippen LogP contribution in [-0.2, 0) is 20.7 Å². The van der Waals surface area contributed by atoms with E-state index < -0.39 is 5.97 Å². The summed E-state index contributed by atoms with van der Waals surface area (Å²) in [7, 11) is 1.60. The fourth-order valence-corrected chi connectivity index (χ4v) is 2.47. The van der Waals surface area contributed by atoms with Crippen molar-refractivity contribution in [2.24, 2.45) is 0 Å². The van der Waals surface area contributed by atoms with Crippen LogP contribution < -0.4 is 14.8 Å². The summed E-state index contributed by atoms with van der Waals surface area (Å²) < 4.78 is 15.6. The molecule has 2 aromatic rings. The number of esters is 1. The molecule has 150 valence electrons. The SMILES string of the molecule is COc1ccc(OCCCC(=O)OCC(=O)NCCc2ccc(Cl)cc2)cc1. The number of hydrogen-bond acceptors (Lipinski definition) is 5. The number of carbonyl (C=O) groups excluding carboxylic acids is 2. The molecular weight excluding hydrogens is 382 g/mol. The quantitative estimate of drug-likeness (QED) is 0.458. The van der Waals surface area contributed by atoms with Crippen molar-refractivity contribution >= 4 is 23.5 Å². The molecule has 0 unspecified atom stereocenters. The molecule has 6 nitrogen and oxygen atoms in total. The van der Waals surface area contributed by atoms with E-state index in [1.807, 2.05) is 12.1 Å². The zero-order valence-corrected chi connectivity index (χ0v) is 16.5. The molecule has 0 spiro atoms. The number of halogens is 1. The van der Waals surface area contributed by atoms with Gasteiger partial charge in [-0.25, -0.2) is 0 Å². The maximum Gasteiger partial charge on any atom is 0.306 e. The van der Waals surface area contributed by atoms with Gasteiger partial charge < -0.3 is 19.5 Å². The van der Waals surface area contributed by atoms with Crippen LogP contribution in [0.4, 0.5) is 0 Å². The Morgan fingerprint density at radius 1 is 1.00 bits per heavy atom. The zero-order valence-electron chi connectivity index (χ0n) is 15.8. The van der Waals surface area contributed by atoms with E-state index in [1.54, 1.807) is 43.5 Å². The van der Waals surface area contributed by atoms with Gasteiger partial charge in [0.25, 0.3) is 5.91 Å². The summed E-state index contributed by atoms with van der Waals surface area (Å²) in [6, 6.07) is 14.6. The number of rotatable bonds is 11. The van der Waals surface area contributed by atoms with E-state index in [0.717, 1.165) is 11.3 Å². The van der Waals surface area contributed by atoms with Crippen LogP contribution >= 0.6 is 11.6 Å². The third-order valence-electron chi connectivity index (χ3n) is 3.87. The summed E-state index contributed by atoms with van der Waals surface area (Å²) in [5.41, 5.74) is 1.07. The van der Waals surface area contributed by atoms with Crippen molar-refractivity contribution in [2.45, 2.75) is 19.3 Å². The van der Waals surface area contributed by atoms with E-state index in [9.17, 15) is 9.59 Å². The Balaban J connectivity index is 1.52. The number of ether oxygens (including phenoxy) is 3. The summed E-state index contributed by atoms with van der Waals surface area (Å²) in [4.78, 5) is 23.4. The van der Waals surface area contributed by atoms with Crippen LogP contribution in [0.1, 0.15) is 18.4 Å². The average Bonchev–Trinajstić information content (AvgIpc) is 2.71. The van der Waals surface area contributed by atoms with Crippen LogP contribution in [0.2, 0.25) is 5.02 Å². The Labute approximate surface area is 169 Å². The van der Waals surface area contributed by atoms with Gasteiger partial charge >= 0.3 is 5.97 Å². The van der Waals surface area contributed by atoms with E-state index in [2.05, 4.69) is 5.32 Å². The van der Waals surface area contributed by atoms with Crippen molar-refractivity contribution in [2.75, 3.05) is 26.9 Å². The molecule has 0 aliphatic heterocycles. The largest absolute Gasteiger partial charge is 0.497 e. The number of carbonyl (C=O) groups is 2. The molecule has 0 saturated carbocycles. The minimum atomic E-state index is -0.425. The van der Waals surface area contributed by atoms with Gasteiger partial charge in [0.15, 0.2) is 6.61 Å². The van der Waals surface area contributed by atoms with E-state index in [0.29, 0.717) is 36.8 Å². The Hall–Kier alpha value is -2.73. The molecule has 0 aliphatic rings. The third-order valence-corrected chi connectivity index (χ3v) is 4.12.